The molecule has 3 aromatic rings. The largest absolute Gasteiger partial charge is 0.494 e. The van der Waals surface area contributed by atoms with Gasteiger partial charge < -0.3 is 14.5 Å². The van der Waals surface area contributed by atoms with Gasteiger partial charge in [-0.2, -0.15) is 0 Å². The molecule has 36 heavy (non-hydrogen) atoms. The number of nitro benzene ring substituents is 1. The third kappa shape index (κ3) is 6.24. The smallest absolute Gasteiger partial charge is 0.293 e. The first-order valence-electron chi connectivity index (χ1n) is 11.9. The van der Waals surface area contributed by atoms with Crippen LogP contribution in [-0.4, -0.2) is 67.6 Å². The van der Waals surface area contributed by atoms with Crippen LogP contribution in [0.25, 0.3) is 10.2 Å². The van der Waals surface area contributed by atoms with Gasteiger partial charge in [0.15, 0.2) is 5.13 Å². The summed E-state index contributed by atoms with van der Waals surface area (Å²) in [6, 6.07) is 10.5. The molecule has 0 aliphatic carbocycles. The van der Waals surface area contributed by atoms with Gasteiger partial charge in [0.25, 0.3) is 11.6 Å². The number of rotatable bonds is 9. The lowest BCUT2D eigenvalue weighted by Crippen LogP contribution is -2.37. The van der Waals surface area contributed by atoms with Crippen molar-refractivity contribution >= 4 is 56.4 Å². The number of carbonyl (C=O) groups is 1. The summed E-state index contributed by atoms with van der Waals surface area (Å²) >= 11 is 1.41. The van der Waals surface area contributed by atoms with E-state index in [9.17, 15) is 14.9 Å². The minimum absolute atomic E-state index is 0. The van der Waals surface area contributed by atoms with Crippen molar-refractivity contribution in [2.24, 2.45) is 0 Å². The summed E-state index contributed by atoms with van der Waals surface area (Å²) in [5.41, 5.74) is 1.61. The van der Waals surface area contributed by atoms with E-state index in [2.05, 4.69) is 0 Å². The molecule has 9 nitrogen and oxygen atoms in total. The van der Waals surface area contributed by atoms with Crippen molar-refractivity contribution in [2.45, 2.75) is 26.2 Å². The molecule has 1 fully saturated rings. The third-order valence-corrected chi connectivity index (χ3v) is 7.06. The molecule has 1 aliphatic rings. The van der Waals surface area contributed by atoms with Gasteiger partial charge in [-0.3, -0.25) is 19.8 Å². The maximum Gasteiger partial charge on any atom is 0.293 e. The highest BCUT2D eigenvalue weighted by Gasteiger charge is 2.27. The lowest BCUT2D eigenvalue weighted by molar-refractivity contribution is -0.384. The second-order valence-electron chi connectivity index (χ2n) is 8.83. The number of hydrogen-bond donors (Lipinski definition) is 0. The summed E-state index contributed by atoms with van der Waals surface area (Å²) in [4.78, 5) is 35.6. The molecule has 0 atom stereocenters. The molecule has 1 amide bonds. The van der Waals surface area contributed by atoms with Crippen LogP contribution in [0.5, 0.6) is 5.75 Å². The van der Waals surface area contributed by atoms with E-state index in [0.717, 1.165) is 48.3 Å². The zero-order chi connectivity index (χ0) is 24.9. The van der Waals surface area contributed by atoms with E-state index in [1.165, 1.54) is 17.4 Å². The van der Waals surface area contributed by atoms with Gasteiger partial charge in [0.05, 0.1) is 21.7 Å². The number of thiazole rings is 1. The highest BCUT2D eigenvalue weighted by Crippen LogP contribution is 2.34. The fourth-order valence-electron chi connectivity index (χ4n) is 4.21. The number of nitrogens with zero attached hydrogens (tertiary/aromatic N) is 5. The average molecular weight is 534 g/mol. The number of carbonyl (C=O) groups excluding carboxylic acids is 1. The van der Waals surface area contributed by atoms with E-state index >= 15 is 0 Å². The van der Waals surface area contributed by atoms with Crippen molar-refractivity contribution in [3.63, 3.8) is 0 Å². The zero-order valence-corrected chi connectivity index (χ0v) is 22.4. The number of benzene rings is 2. The first-order valence-corrected chi connectivity index (χ1v) is 12.7. The number of halogens is 1. The molecule has 1 saturated heterocycles. The lowest BCUT2D eigenvalue weighted by Gasteiger charge is -2.28. The van der Waals surface area contributed by atoms with Gasteiger partial charge in [0.1, 0.15) is 11.4 Å². The highest BCUT2D eigenvalue weighted by atomic mass is 35.5. The molecule has 2 aromatic carbocycles. The first-order chi connectivity index (χ1) is 16.9. The molecule has 0 saturated carbocycles. The number of nitro groups is 1. The van der Waals surface area contributed by atoms with E-state index in [1.807, 2.05) is 49.0 Å². The Morgan fingerprint density at radius 1 is 1.14 bits per heavy atom. The van der Waals surface area contributed by atoms with Crippen molar-refractivity contribution in [2.75, 3.05) is 56.7 Å². The molecule has 4 rings (SSSR count). The van der Waals surface area contributed by atoms with E-state index < -0.39 is 4.92 Å². The molecule has 1 aliphatic heterocycles. The topological polar surface area (TPSA) is 92.1 Å². The standard InChI is InChI=1S/C25H31N5O4S.ClH/c1-4-34-19-9-10-20-23(17-19)35-25(26-20)29(15-14-27(2)3)24(31)18-8-11-21(22(16-18)30(32)33)28-12-6-5-7-13-28;/h8-11,16-17H,4-7,12-15H2,1-3H3;1H. The molecular formula is C25H32ClN5O4S. The summed E-state index contributed by atoms with van der Waals surface area (Å²) in [5.74, 6) is 0.453. The van der Waals surface area contributed by atoms with Crippen LogP contribution in [0, 0.1) is 10.1 Å². The number of anilines is 2. The molecule has 2 heterocycles. The minimum atomic E-state index is -0.391. The Morgan fingerprint density at radius 2 is 1.89 bits per heavy atom. The second kappa shape index (κ2) is 12.3. The minimum Gasteiger partial charge on any atom is -0.494 e. The average Bonchev–Trinajstić information content (AvgIpc) is 3.27. The molecule has 0 radical (unpaired) electrons. The van der Waals surface area contributed by atoms with Crippen LogP contribution in [0.15, 0.2) is 36.4 Å². The Balaban J connectivity index is 0.00000361. The van der Waals surface area contributed by atoms with Crippen molar-refractivity contribution in [1.29, 1.82) is 0 Å². The highest BCUT2D eigenvalue weighted by molar-refractivity contribution is 7.22. The maximum atomic E-state index is 13.7. The van der Waals surface area contributed by atoms with E-state index in [4.69, 9.17) is 9.72 Å². The lowest BCUT2D eigenvalue weighted by atomic mass is 10.1. The van der Waals surface area contributed by atoms with Gasteiger partial charge in [-0.25, -0.2) is 4.98 Å². The van der Waals surface area contributed by atoms with Crippen LogP contribution in [0.1, 0.15) is 36.5 Å². The predicted molar refractivity (Wildman–Crippen MR) is 147 cm³/mol. The van der Waals surface area contributed by atoms with E-state index in [-0.39, 0.29) is 29.6 Å². The van der Waals surface area contributed by atoms with E-state index in [1.54, 1.807) is 17.0 Å². The summed E-state index contributed by atoms with van der Waals surface area (Å²) in [5, 5.41) is 12.5. The summed E-state index contributed by atoms with van der Waals surface area (Å²) in [7, 11) is 3.88. The van der Waals surface area contributed by atoms with Gasteiger partial charge in [0, 0.05) is 37.8 Å². The van der Waals surface area contributed by atoms with Gasteiger partial charge in [-0.15, -0.1) is 12.4 Å². The van der Waals surface area contributed by atoms with Crippen LogP contribution >= 0.6 is 23.7 Å². The number of aromatic nitrogens is 1. The number of amides is 1. The van der Waals surface area contributed by atoms with E-state index in [0.29, 0.717) is 30.5 Å². The normalized spacial score (nSPS) is 13.5. The number of piperidine rings is 1. The number of ether oxygens (including phenoxy) is 1. The Bertz CT molecular complexity index is 1210. The zero-order valence-electron chi connectivity index (χ0n) is 20.8. The predicted octanol–water partition coefficient (Wildman–Crippen LogP) is 5.22. The second-order valence-corrected chi connectivity index (χ2v) is 9.84. The van der Waals surface area contributed by atoms with Gasteiger partial charge in [-0.05, 0) is 70.6 Å². The Hall–Kier alpha value is -2.95. The molecule has 0 bridgehead atoms. The van der Waals surface area contributed by atoms with Crippen LogP contribution < -0.4 is 14.5 Å². The van der Waals surface area contributed by atoms with Crippen LogP contribution in [0.3, 0.4) is 0 Å². The summed E-state index contributed by atoms with van der Waals surface area (Å²) in [6.45, 7) is 5.11. The summed E-state index contributed by atoms with van der Waals surface area (Å²) in [6.07, 6.45) is 3.16. The molecule has 0 unspecified atom stereocenters. The summed E-state index contributed by atoms with van der Waals surface area (Å²) < 4.78 is 6.52. The Kier molecular flexibility index (Phi) is 9.47. The van der Waals surface area contributed by atoms with Crippen molar-refractivity contribution in [3.8, 4) is 5.75 Å². The van der Waals surface area contributed by atoms with Crippen molar-refractivity contribution in [3.05, 3.63) is 52.1 Å². The molecule has 0 spiro atoms. The molecule has 0 N–H and O–H groups in total. The first kappa shape index (κ1) is 27.6. The van der Waals surface area contributed by atoms with Gasteiger partial charge >= 0.3 is 0 Å². The quantitative estimate of drug-likeness (QED) is 0.275. The fourth-order valence-corrected chi connectivity index (χ4v) is 5.23. The number of likely N-dealkylation sites (N-methyl/N-ethyl adjacent to an activating group) is 1. The van der Waals surface area contributed by atoms with Crippen LogP contribution in [0.2, 0.25) is 0 Å². The third-order valence-electron chi connectivity index (χ3n) is 6.02. The SMILES string of the molecule is CCOc1ccc2nc(N(CCN(C)C)C(=O)c3ccc(N4CCCCC4)c([N+](=O)[O-])c3)sc2c1.Cl. The number of fused-ring (bicyclic) bond motifs is 1. The Labute approximate surface area is 221 Å². The van der Waals surface area contributed by atoms with Gasteiger partial charge in [0.2, 0.25) is 0 Å². The molecule has 1 aromatic heterocycles. The maximum absolute atomic E-state index is 13.7. The fraction of sp³-hybridized carbons (Fsp3) is 0.440. The van der Waals surface area contributed by atoms with Crippen molar-refractivity contribution < 1.29 is 14.5 Å². The molecule has 11 heteroatoms. The Morgan fingerprint density at radius 3 is 2.56 bits per heavy atom. The number of hydrogen-bond acceptors (Lipinski definition) is 8. The van der Waals surface area contributed by atoms with Crippen molar-refractivity contribution in [1.82, 2.24) is 9.88 Å². The van der Waals surface area contributed by atoms with Crippen LogP contribution in [-0.2, 0) is 0 Å². The van der Waals surface area contributed by atoms with Gasteiger partial charge in [-0.1, -0.05) is 11.3 Å². The monoisotopic (exact) mass is 533 g/mol. The molecule has 194 valence electrons. The van der Waals surface area contributed by atoms with Crippen LogP contribution in [0.4, 0.5) is 16.5 Å². The molecular weight excluding hydrogens is 502 g/mol.